The van der Waals surface area contributed by atoms with Crippen molar-refractivity contribution in [3.63, 3.8) is 0 Å². The molecule has 1 aromatic rings. The van der Waals surface area contributed by atoms with Crippen LogP contribution in [-0.4, -0.2) is 37.7 Å². The predicted octanol–water partition coefficient (Wildman–Crippen LogP) is 2.48. The zero-order valence-electron chi connectivity index (χ0n) is 11.1. The minimum atomic E-state index is -4.65. The summed E-state index contributed by atoms with van der Waals surface area (Å²) in [4.78, 5) is 0. The van der Waals surface area contributed by atoms with Gasteiger partial charge in [0.2, 0.25) is 0 Å². The van der Waals surface area contributed by atoms with Crippen molar-refractivity contribution in [1.29, 1.82) is 0 Å². The smallest absolute Gasteiger partial charge is 0.406 e. The number of hydrazine groups is 1. The summed E-state index contributed by atoms with van der Waals surface area (Å²) < 4.78 is 45.3. The first-order valence-corrected chi connectivity index (χ1v) is 6.38. The van der Waals surface area contributed by atoms with Gasteiger partial charge in [-0.1, -0.05) is 12.1 Å². The lowest BCUT2D eigenvalue weighted by Gasteiger charge is -2.30. The van der Waals surface area contributed by atoms with Gasteiger partial charge in [-0.15, -0.1) is 13.2 Å². The quantitative estimate of drug-likeness (QED) is 0.923. The third-order valence-corrected chi connectivity index (χ3v) is 3.00. The molecule has 1 heterocycles. The van der Waals surface area contributed by atoms with Gasteiger partial charge in [0, 0.05) is 19.1 Å². The molecule has 1 atom stereocenters. The largest absolute Gasteiger partial charge is 0.573 e. The van der Waals surface area contributed by atoms with Crippen LogP contribution in [0.15, 0.2) is 24.3 Å². The Kier molecular flexibility index (Phi) is 4.85. The van der Waals surface area contributed by atoms with Crippen molar-refractivity contribution in [3.05, 3.63) is 29.8 Å². The summed E-state index contributed by atoms with van der Waals surface area (Å²) >= 11 is 0. The van der Waals surface area contributed by atoms with E-state index in [9.17, 15) is 13.2 Å². The summed E-state index contributed by atoms with van der Waals surface area (Å²) in [7, 11) is 0. The van der Waals surface area contributed by atoms with Crippen molar-refractivity contribution in [2.45, 2.75) is 19.3 Å². The maximum Gasteiger partial charge on any atom is 0.573 e. The molecule has 4 nitrogen and oxygen atoms in total. The molecule has 0 aliphatic carbocycles. The molecular weight excluding hydrogens is 273 g/mol. The normalized spacial score (nSPS) is 18.8. The number of nitrogens with zero attached hydrogens (tertiary/aromatic N) is 1. The Balaban J connectivity index is 1.91. The summed E-state index contributed by atoms with van der Waals surface area (Å²) in [5, 5.41) is 2.05. The van der Waals surface area contributed by atoms with E-state index in [1.807, 2.05) is 11.9 Å². The Hall–Kier alpha value is -1.31. The number of morpholine rings is 1. The first-order chi connectivity index (χ1) is 9.44. The van der Waals surface area contributed by atoms with Crippen molar-refractivity contribution in [2.75, 3.05) is 26.3 Å². The molecule has 0 radical (unpaired) electrons. The summed E-state index contributed by atoms with van der Waals surface area (Å²) in [6.45, 7) is 4.89. The molecule has 7 heteroatoms. The van der Waals surface area contributed by atoms with Gasteiger partial charge in [0.25, 0.3) is 0 Å². The van der Waals surface area contributed by atoms with Gasteiger partial charge in [-0.25, -0.2) is 10.4 Å². The van der Waals surface area contributed by atoms with Crippen molar-refractivity contribution in [1.82, 2.24) is 10.4 Å². The van der Waals surface area contributed by atoms with Crippen LogP contribution in [0, 0.1) is 0 Å². The Morgan fingerprint density at radius 3 is 2.35 bits per heavy atom. The molecule has 1 aromatic carbocycles. The van der Waals surface area contributed by atoms with Gasteiger partial charge in [0.1, 0.15) is 5.75 Å². The number of rotatable bonds is 4. The van der Waals surface area contributed by atoms with Crippen LogP contribution in [0.4, 0.5) is 13.2 Å². The van der Waals surface area contributed by atoms with E-state index < -0.39 is 6.36 Å². The van der Waals surface area contributed by atoms with Crippen LogP contribution in [0.25, 0.3) is 0 Å². The van der Waals surface area contributed by atoms with E-state index >= 15 is 0 Å². The number of ether oxygens (including phenoxy) is 2. The van der Waals surface area contributed by atoms with Crippen LogP contribution < -0.4 is 10.2 Å². The molecule has 1 unspecified atom stereocenters. The highest BCUT2D eigenvalue weighted by molar-refractivity contribution is 5.29. The zero-order chi connectivity index (χ0) is 14.6. The second-order valence-electron chi connectivity index (χ2n) is 4.57. The minimum Gasteiger partial charge on any atom is -0.406 e. The van der Waals surface area contributed by atoms with Gasteiger partial charge in [-0.2, -0.15) is 0 Å². The topological polar surface area (TPSA) is 33.7 Å². The first kappa shape index (κ1) is 15.1. The summed E-state index contributed by atoms with van der Waals surface area (Å²) in [5.41, 5.74) is 4.19. The fraction of sp³-hybridized carbons (Fsp3) is 0.538. The molecule has 112 valence electrons. The van der Waals surface area contributed by atoms with E-state index in [2.05, 4.69) is 10.2 Å². The molecule has 20 heavy (non-hydrogen) atoms. The van der Waals surface area contributed by atoms with E-state index in [1.54, 1.807) is 12.1 Å². The molecule has 1 aliphatic rings. The van der Waals surface area contributed by atoms with Crippen molar-refractivity contribution >= 4 is 0 Å². The first-order valence-electron chi connectivity index (χ1n) is 6.38. The van der Waals surface area contributed by atoms with Crippen LogP contribution >= 0.6 is 0 Å². The highest BCUT2D eigenvalue weighted by Crippen LogP contribution is 2.24. The van der Waals surface area contributed by atoms with Gasteiger partial charge in [0.05, 0.1) is 13.2 Å². The summed E-state index contributed by atoms with van der Waals surface area (Å²) in [6.07, 6.45) is -4.65. The maximum atomic E-state index is 12.1. The molecule has 0 aromatic heterocycles. The average Bonchev–Trinajstić information content (AvgIpc) is 2.39. The third-order valence-electron chi connectivity index (χ3n) is 3.00. The molecule has 1 fully saturated rings. The lowest BCUT2D eigenvalue weighted by atomic mass is 10.1. The van der Waals surface area contributed by atoms with Crippen molar-refractivity contribution in [2.24, 2.45) is 0 Å². The molecule has 0 amide bonds. The van der Waals surface area contributed by atoms with Crippen LogP contribution in [0.1, 0.15) is 18.5 Å². The predicted molar refractivity (Wildman–Crippen MR) is 67.1 cm³/mol. The number of hydrogen-bond acceptors (Lipinski definition) is 4. The number of halogens is 3. The third kappa shape index (κ3) is 4.66. The van der Waals surface area contributed by atoms with Gasteiger partial charge >= 0.3 is 6.36 Å². The van der Waals surface area contributed by atoms with Crippen LogP contribution in [-0.2, 0) is 4.74 Å². The molecule has 0 saturated carbocycles. The summed E-state index contributed by atoms with van der Waals surface area (Å²) in [6, 6.07) is 5.90. The van der Waals surface area contributed by atoms with E-state index in [4.69, 9.17) is 4.74 Å². The summed E-state index contributed by atoms with van der Waals surface area (Å²) in [5.74, 6) is -0.208. The van der Waals surface area contributed by atoms with Gasteiger partial charge in [-0.05, 0) is 24.6 Å². The Morgan fingerprint density at radius 1 is 1.20 bits per heavy atom. The Bertz CT molecular complexity index is 417. The monoisotopic (exact) mass is 290 g/mol. The number of hydrogen-bond donors (Lipinski definition) is 1. The standard InChI is InChI=1S/C13H17F3N2O2/c1-10(17-18-6-8-19-9-7-18)11-2-4-12(5-3-11)20-13(14,15)16/h2-5,10,17H,6-9H2,1H3. The second kappa shape index (κ2) is 6.43. The highest BCUT2D eigenvalue weighted by atomic mass is 19.4. The van der Waals surface area contributed by atoms with Crippen LogP contribution in [0.3, 0.4) is 0 Å². The van der Waals surface area contributed by atoms with E-state index in [0.29, 0.717) is 13.2 Å². The molecule has 0 spiro atoms. The van der Waals surface area contributed by atoms with Crippen molar-refractivity contribution in [3.8, 4) is 5.75 Å². The number of nitrogens with one attached hydrogen (secondary N) is 1. The van der Waals surface area contributed by atoms with E-state index in [-0.39, 0.29) is 11.8 Å². The molecule has 1 saturated heterocycles. The van der Waals surface area contributed by atoms with Crippen LogP contribution in [0.5, 0.6) is 5.75 Å². The average molecular weight is 290 g/mol. The molecule has 1 aliphatic heterocycles. The maximum absolute atomic E-state index is 12.1. The van der Waals surface area contributed by atoms with Gasteiger partial charge < -0.3 is 9.47 Å². The molecule has 0 bridgehead atoms. The number of benzene rings is 1. The number of alkyl halides is 3. The fourth-order valence-corrected chi connectivity index (χ4v) is 2.00. The Morgan fingerprint density at radius 2 is 1.80 bits per heavy atom. The van der Waals surface area contributed by atoms with E-state index in [0.717, 1.165) is 18.7 Å². The van der Waals surface area contributed by atoms with E-state index in [1.165, 1.54) is 12.1 Å². The second-order valence-corrected chi connectivity index (χ2v) is 4.57. The van der Waals surface area contributed by atoms with Crippen molar-refractivity contribution < 1.29 is 22.6 Å². The molecular formula is C13H17F3N2O2. The zero-order valence-corrected chi connectivity index (χ0v) is 11.1. The van der Waals surface area contributed by atoms with Crippen LogP contribution in [0.2, 0.25) is 0 Å². The minimum absolute atomic E-state index is 0.00744. The fourth-order valence-electron chi connectivity index (χ4n) is 2.00. The lowest BCUT2D eigenvalue weighted by Crippen LogP contribution is -2.46. The SMILES string of the molecule is CC(NN1CCOCC1)c1ccc(OC(F)(F)F)cc1. The molecule has 2 rings (SSSR count). The van der Waals surface area contributed by atoms with Gasteiger partial charge in [-0.3, -0.25) is 0 Å². The van der Waals surface area contributed by atoms with Gasteiger partial charge in [0.15, 0.2) is 0 Å². The lowest BCUT2D eigenvalue weighted by molar-refractivity contribution is -0.274. The molecule has 1 N–H and O–H groups in total. The highest BCUT2D eigenvalue weighted by Gasteiger charge is 2.31. The Labute approximate surface area is 115 Å².